The molecule has 86 valence electrons. The average molecular weight is 223 g/mol. The highest BCUT2D eigenvalue weighted by Gasteiger charge is 1.94. The van der Waals surface area contributed by atoms with Gasteiger partial charge in [-0.1, -0.05) is 54.1 Å². The summed E-state index contributed by atoms with van der Waals surface area (Å²) in [7, 11) is 0. The fourth-order valence-electron chi connectivity index (χ4n) is 1.80. The minimum atomic E-state index is 0.744. The van der Waals surface area contributed by atoms with Gasteiger partial charge in [0.15, 0.2) is 0 Å². The van der Waals surface area contributed by atoms with Crippen molar-refractivity contribution in [2.24, 2.45) is 4.99 Å². The molecule has 0 aliphatic heterocycles. The van der Waals surface area contributed by atoms with E-state index < -0.39 is 0 Å². The Labute approximate surface area is 103 Å². The number of benzene rings is 2. The van der Waals surface area contributed by atoms with E-state index in [1.165, 1.54) is 22.3 Å². The SMILES string of the molecule is Cc1ccc(C=NCc2ccccc2)c(C)c1. The third kappa shape index (κ3) is 3.28. The Morgan fingerprint density at radius 2 is 1.76 bits per heavy atom. The highest BCUT2D eigenvalue weighted by atomic mass is 14.7. The molecule has 0 N–H and O–H groups in total. The molecule has 2 aromatic rings. The molecule has 0 aliphatic rings. The first-order valence-corrected chi connectivity index (χ1v) is 5.87. The van der Waals surface area contributed by atoms with Crippen LogP contribution in [-0.4, -0.2) is 6.21 Å². The summed E-state index contributed by atoms with van der Waals surface area (Å²) in [4.78, 5) is 4.48. The van der Waals surface area contributed by atoms with Crippen LogP contribution < -0.4 is 0 Å². The minimum Gasteiger partial charge on any atom is -0.288 e. The molecule has 0 heterocycles. The van der Waals surface area contributed by atoms with Crippen LogP contribution in [0.4, 0.5) is 0 Å². The maximum absolute atomic E-state index is 4.48. The summed E-state index contributed by atoms with van der Waals surface area (Å²) >= 11 is 0. The predicted molar refractivity (Wildman–Crippen MR) is 73.7 cm³/mol. The van der Waals surface area contributed by atoms with Crippen LogP contribution in [0.3, 0.4) is 0 Å². The van der Waals surface area contributed by atoms with Gasteiger partial charge in [-0.05, 0) is 30.5 Å². The molecule has 0 unspecified atom stereocenters. The van der Waals surface area contributed by atoms with Gasteiger partial charge in [-0.2, -0.15) is 0 Å². The summed E-state index contributed by atoms with van der Waals surface area (Å²) in [5, 5.41) is 0. The monoisotopic (exact) mass is 223 g/mol. The number of nitrogens with zero attached hydrogens (tertiary/aromatic N) is 1. The fourth-order valence-corrected chi connectivity index (χ4v) is 1.80. The highest BCUT2D eigenvalue weighted by Crippen LogP contribution is 2.08. The van der Waals surface area contributed by atoms with Crippen molar-refractivity contribution in [2.45, 2.75) is 20.4 Å². The Morgan fingerprint density at radius 3 is 2.47 bits per heavy atom. The highest BCUT2D eigenvalue weighted by molar-refractivity contribution is 5.81. The van der Waals surface area contributed by atoms with Gasteiger partial charge in [0.2, 0.25) is 0 Å². The maximum Gasteiger partial charge on any atom is 0.0639 e. The standard InChI is InChI=1S/C16H17N/c1-13-8-9-16(14(2)10-13)12-17-11-15-6-4-3-5-7-15/h3-10,12H,11H2,1-2H3. The van der Waals surface area contributed by atoms with Gasteiger partial charge in [-0.3, -0.25) is 4.99 Å². The van der Waals surface area contributed by atoms with E-state index in [1.807, 2.05) is 24.4 Å². The first-order valence-electron chi connectivity index (χ1n) is 5.87. The Bertz CT molecular complexity index is 512. The van der Waals surface area contributed by atoms with Gasteiger partial charge in [0.1, 0.15) is 0 Å². The van der Waals surface area contributed by atoms with E-state index in [-0.39, 0.29) is 0 Å². The molecule has 2 rings (SSSR count). The molecule has 0 bridgehead atoms. The molecule has 0 fully saturated rings. The Morgan fingerprint density at radius 1 is 1.00 bits per heavy atom. The van der Waals surface area contributed by atoms with Crippen LogP contribution in [0.2, 0.25) is 0 Å². The van der Waals surface area contributed by atoms with Crippen LogP contribution in [-0.2, 0) is 6.54 Å². The topological polar surface area (TPSA) is 12.4 Å². The lowest BCUT2D eigenvalue weighted by Crippen LogP contribution is -1.89. The summed E-state index contributed by atoms with van der Waals surface area (Å²) in [6.07, 6.45) is 1.96. The zero-order chi connectivity index (χ0) is 12.1. The molecule has 0 atom stereocenters. The number of rotatable bonds is 3. The number of aryl methyl sites for hydroxylation is 2. The maximum atomic E-state index is 4.48. The molecule has 0 saturated heterocycles. The quantitative estimate of drug-likeness (QED) is 0.699. The normalized spacial score (nSPS) is 10.9. The van der Waals surface area contributed by atoms with E-state index in [4.69, 9.17) is 0 Å². The van der Waals surface area contributed by atoms with Crippen molar-refractivity contribution in [3.8, 4) is 0 Å². The van der Waals surface area contributed by atoms with Gasteiger partial charge < -0.3 is 0 Å². The number of aliphatic imine (C=N–C) groups is 1. The van der Waals surface area contributed by atoms with Crippen molar-refractivity contribution < 1.29 is 0 Å². The third-order valence-electron chi connectivity index (χ3n) is 2.77. The molecule has 1 heteroatoms. The first-order chi connectivity index (χ1) is 8.25. The van der Waals surface area contributed by atoms with Crippen LogP contribution in [0, 0.1) is 13.8 Å². The van der Waals surface area contributed by atoms with E-state index in [9.17, 15) is 0 Å². The third-order valence-corrected chi connectivity index (χ3v) is 2.77. The molecule has 0 amide bonds. The molecule has 0 saturated carbocycles. The van der Waals surface area contributed by atoms with Crippen molar-refractivity contribution in [1.82, 2.24) is 0 Å². The van der Waals surface area contributed by atoms with Gasteiger partial charge in [0, 0.05) is 6.21 Å². The molecule has 0 radical (unpaired) electrons. The van der Waals surface area contributed by atoms with Gasteiger partial charge >= 0.3 is 0 Å². The van der Waals surface area contributed by atoms with E-state index in [2.05, 4.69) is 49.2 Å². The molecular formula is C16H17N. The van der Waals surface area contributed by atoms with Crippen LogP contribution in [0.5, 0.6) is 0 Å². The van der Waals surface area contributed by atoms with Crippen LogP contribution in [0.15, 0.2) is 53.5 Å². The molecule has 1 nitrogen and oxygen atoms in total. The molecule has 0 aliphatic carbocycles. The van der Waals surface area contributed by atoms with E-state index >= 15 is 0 Å². The largest absolute Gasteiger partial charge is 0.288 e. The summed E-state index contributed by atoms with van der Waals surface area (Å²) < 4.78 is 0. The summed E-state index contributed by atoms with van der Waals surface area (Å²) in [6.45, 7) is 4.98. The zero-order valence-electron chi connectivity index (χ0n) is 10.4. The lowest BCUT2D eigenvalue weighted by Gasteiger charge is -2.01. The second-order valence-electron chi connectivity index (χ2n) is 4.32. The Kier molecular flexibility index (Phi) is 3.71. The van der Waals surface area contributed by atoms with Gasteiger partial charge in [0.05, 0.1) is 6.54 Å². The smallest absolute Gasteiger partial charge is 0.0639 e. The number of hydrogen-bond acceptors (Lipinski definition) is 1. The Hall–Kier alpha value is -1.89. The molecular weight excluding hydrogens is 206 g/mol. The first kappa shape index (κ1) is 11.6. The van der Waals surface area contributed by atoms with E-state index in [0.29, 0.717) is 0 Å². The van der Waals surface area contributed by atoms with E-state index in [1.54, 1.807) is 0 Å². The van der Waals surface area contributed by atoms with Crippen molar-refractivity contribution >= 4 is 6.21 Å². The van der Waals surface area contributed by atoms with Gasteiger partial charge in [-0.25, -0.2) is 0 Å². The van der Waals surface area contributed by atoms with Crippen LogP contribution >= 0.6 is 0 Å². The molecule has 2 aromatic carbocycles. The molecule has 0 spiro atoms. The lowest BCUT2D eigenvalue weighted by atomic mass is 10.1. The average Bonchev–Trinajstić information content (AvgIpc) is 2.33. The minimum absolute atomic E-state index is 0.744. The van der Waals surface area contributed by atoms with Crippen molar-refractivity contribution in [3.63, 3.8) is 0 Å². The summed E-state index contributed by atoms with van der Waals surface area (Å²) in [5.41, 5.74) is 5.02. The summed E-state index contributed by atoms with van der Waals surface area (Å²) in [6, 6.07) is 16.7. The second-order valence-corrected chi connectivity index (χ2v) is 4.32. The molecule has 17 heavy (non-hydrogen) atoms. The zero-order valence-corrected chi connectivity index (χ0v) is 10.4. The Balaban J connectivity index is 2.06. The summed E-state index contributed by atoms with van der Waals surface area (Å²) in [5.74, 6) is 0. The van der Waals surface area contributed by atoms with Crippen molar-refractivity contribution in [2.75, 3.05) is 0 Å². The van der Waals surface area contributed by atoms with Gasteiger partial charge in [-0.15, -0.1) is 0 Å². The lowest BCUT2D eigenvalue weighted by molar-refractivity contribution is 1.08. The van der Waals surface area contributed by atoms with Crippen LogP contribution in [0.1, 0.15) is 22.3 Å². The predicted octanol–water partition coefficient (Wildman–Crippen LogP) is 3.92. The number of hydrogen-bond donors (Lipinski definition) is 0. The van der Waals surface area contributed by atoms with Gasteiger partial charge in [0.25, 0.3) is 0 Å². The van der Waals surface area contributed by atoms with Crippen molar-refractivity contribution in [3.05, 3.63) is 70.8 Å². The van der Waals surface area contributed by atoms with E-state index in [0.717, 1.165) is 6.54 Å². The fraction of sp³-hybridized carbons (Fsp3) is 0.188. The second kappa shape index (κ2) is 5.44. The molecule has 0 aromatic heterocycles. The van der Waals surface area contributed by atoms with Crippen molar-refractivity contribution in [1.29, 1.82) is 0 Å². The van der Waals surface area contributed by atoms with Crippen LogP contribution in [0.25, 0.3) is 0 Å².